The number of aliphatic hydroxyl groups is 2. The van der Waals surface area contributed by atoms with Gasteiger partial charge >= 0.3 is 0 Å². The Morgan fingerprint density at radius 3 is 1.32 bits per heavy atom. The lowest BCUT2D eigenvalue weighted by Gasteiger charge is -2.33. The van der Waals surface area contributed by atoms with E-state index < -0.39 is 12.2 Å². The van der Waals surface area contributed by atoms with Gasteiger partial charge in [0.15, 0.2) is 11.6 Å². The maximum absolute atomic E-state index is 12.2. The first-order valence-corrected chi connectivity index (χ1v) is 15.1. The van der Waals surface area contributed by atoms with Crippen molar-refractivity contribution in [1.82, 2.24) is 0 Å². The minimum atomic E-state index is -0.943. The van der Waals surface area contributed by atoms with Crippen molar-refractivity contribution >= 4 is 11.6 Å². The molecule has 0 aromatic rings. The van der Waals surface area contributed by atoms with Gasteiger partial charge in [-0.25, -0.2) is 0 Å². The van der Waals surface area contributed by atoms with Crippen LogP contribution in [0.5, 0.6) is 0 Å². The minimum Gasteiger partial charge on any atom is -0.385 e. The van der Waals surface area contributed by atoms with Crippen LogP contribution in [0.3, 0.4) is 0 Å². The van der Waals surface area contributed by atoms with Crippen LogP contribution in [0.2, 0.25) is 0 Å². The maximum atomic E-state index is 12.2. The zero-order chi connectivity index (χ0) is 33.2. The Hall–Kier alpha value is -3.96. The van der Waals surface area contributed by atoms with Crippen molar-refractivity contribution < 1.29 is 19.8 Å². The summed E-state index contributed by atoms with van der Waals surface area (Å²) >= 11 is 0. The van der Waals surface area contributed by atoms with Gasteiger partial charge in [-0.1, -0.05) is 123 Å². The average Bonchev–Trinajstić information content (AvgIpc) is 2.92. The summed E-state index contributed by atoms with van der Waals surface area (Å²) in [6.45, 7) is 19.5. The Bertz CT molecular complexity index is 1450. The van der Waals surface area contributed by atoms with Crippen molar-refractivity contribution in [3.63, 3.8) is 0 Å². The molecular formula is C40H48O4. The Labute approximate surface area is 265 Å². The molecule has 232 valence electrons. The zero-order valence-electron chi connectivity index (χ0n) is 28.1. The first-order chi connectivity index (χ1) is 20.5. The number of carbonyl (C=O) groups is 2. The number of ketones is 2. The van der Waals surface area contributed by atoms with Gasteiger partial charge in [0.05, 0.1) is 0 Å². The lowest BCUT2D eigenvalue weighted by molar-refractivity contribution is -0.126. The quantitative estimate of drug-likeness (QED) is 0.244. The SMILES string of the molecule is CC1=C(C#C\C(C)=C/C=C/C(C)=C/C=C/C=C(C)/C=C/C=C(/C)C#CC2=C(C)C(=O)[C@@H](O)CC2(C)C)C(C)(C)C[C@H](O)C1=O. The molecule has 2 atom stereocenters. The summed E-state index contributed by atoms with van der Waals surface area (Å²) < 4.78 is 0. The fraction of sp³-hybridized carbons (Fsp3) is 0.400. The second kappa shape index (κ2) is 15.7. The van der Waals surface area contributed by atoms with Crippen LogP contribution in [0.15, 0.2) is 105 Å². The minimum absolute atomic E-state index is 0.228. The lowest BCUT2D eigenvalue weighted by Crippen LogP contribution is -2.35. The molecule has 0 saturated carbocycles. The number of aliphatic hydroxyl groups excluding tert-OH is 2. The molecule has 0 bridgehead atoms. The first kappa shape index (κ1) is 36.2. The Morgan fingerprint density at radius 1 is 0.636 bits per heavy atom. The fourth-order valence-corrected chi connectivity index (χ4v) is 5.26. The number of hydrogen-bond donors (Lipinski definition) is 2. The predicted molar refractivity (Wildman–Crippen MR) is 182 cm³/mol. The van der Waals surface area contributed by atoms with Crippen molar-refractivity contribution in [3.05, 3.63) is 105 Å². The summed E-state index contributed by atoms with van der Waals surface area (Å²) in [5.74, 6) is 12.2. The molecule has 0 radical (unpaired) electrons. The molecule has 2 rings (SSSR count). The smallest absolute Gasteiger partial charge is 0.187 e. The molecule has 0 saturated heterocycles. The number of carbonyl (C=O) groups excluding carboxylic acids is 2. The van der Waals surface area contributed by atoms with Gasteiger partial charge in [0.25, 0.3) is 0 Å². The van der Waals surface area contributed by atoms with E-state index in [0.717, 1.165) is 33.4 Å². The van der Waals surface area contributed by atoms with Crippen molar-refractivity contribution in [2.45, 2.75) is 94.3 Å². The highest BCUT2D eigenvalue weighted by Crippen LogP contribution is 2.39. The van der Waals surface area contributed by atoms with E-state index in [4.69, 9.17) is 0 Å². The summed E-state index contributed by atoms with van der Waals surface area (Å²) in [5.41, 5.74) is 6.00. The second-order valence-electron chi connectivity index (χ2n) is 13.1. The molecule has 2 N–H and O–H groups in total. The van der Waals surface area contributed by atoms with E-state index in [1.807, 2.05) is 116 Å². The Balaban J connectivity index is 1.98. The molecule has 44 heavy (non-hydrogen) atoms. The highest BCUT2D eigenvalue weighted by atomic mass is 16.3. The van der Waals surface area contributed by atoms with Crippen LogP contribution in [0.4, 0.5) is 0 Å². The van der Waals surface area contributed by atoms with Crippen LogP contribution in [0.1, 0.15) is 82.1 Å². The average molecular weight is 593 g/mol. The van der Waals surface area contributed by atoms with Crippen LogP contribution >= 0.6 is 0 Å². The summed E-state index contributed by atoms with van der Waals surface area (Å²) in [7, 11) is 0. The van der Waals surface area contributed by atoms with E-state index in [-0.39, 0.29) is 22.4 Å². The lowest BCUT2D eigenvalue weighted by atomic mass is 9.71. The molecule has 0 unspecified atom stereocenters. The highest BCUT2D eigenvalue weighted by molar-refractivity contribution is 6.01. The summed E-state index contributed by atoms with van der Waals surface area (Å²) in [6.07, 6.45) is 18.8. The third kappa shape index (κ3) is 10.3. The van der Waals surface area contributed by atoms with E-state index in [9.17, 15) is 19.8 Å². The molecule has 2 aliphatic rings. The van der Waals surface area contributed by atoms with Gasteiger partial charge in [0, 0.05) is 33.1 Å². The van der Waals surface area contributed by atoms with Crippen LogP contribution in [-0.2, 0) is 9.59 Å². The molecule has 0 spiro atoms. The standard InChI is InChI=1S/C40H48O4/c1-27(17-13-19-29(3)21-23-33-31(5)37(43)35(41)25-39(33,7)8)15-11-12-16-28(2)18-14-20-30(4)22-24-34-32(6)38(44)36(42)26-40(34,9)10/h11-20,35-36,41-42H,25-26H2,1-10H3/b12-11+,17-13+,18-14+,27-15+,28-16+,29-19-,30-20-/t35-,36-/m0/s1. The number of allylic oxidation sites excluding steroid dienone is 16. The normalized spacial score (nSPS) is 23.5. The van der Waals surface area contributed by atoms with Gasteiger partial charge in [-0.05, 0) is 65.5 Å². The molecule has 4 nitrogen and oxygen atoms in total. The Morgan fingerprint density at radius 2 is 0.977 bits per heavy atom. The predicted octanol–water partition coefficient (Wildman–Crippen LogP) is 7.80. The maximum Gasteiger partial charge on any atom is 0.187 e. The van der Waals surface area contributed by atoms with E-state index in [1.54, 1.807) is 13.8 Å². The summed E-state index contributed by atoms with van der Waals surface area (Å²) in [4.78, 5) is 24.4. The molecule has 0 aromatic heterocycles. The number of hydrogen-bond acceptors (Lipinski definition) is 4. The van der Waals surface area contributed by atoms with E-state index >= 15 is 0 Å². The summed E-state index contributed by atoms with van der Waals surface area (Å²) in [5, 5.41) is 20.0. The Kier molecular flexibility index (Phi) is 12.9. The molecular weight excluding hydrogens is 544 g/mol. The third-order valence-corrected chi connectivity index (χ3v) is 7.86. The van der Waals surface area contributed by atoms with E-state index in [1.165, 1.54) is 0 Å². The highest BCUT2D eigenvalue weighted by Gasteiger charge is 2.38. The van der Waals surface area contributed by atoms with Gasteiger partial charge in [0.1, 0.15) is 12.2 Å². The van der Waals surface area contributed by atoms with Gasteiger partial charge in [-0.3, -0.25) is 9.59 Å². The van der Waals surface area contributed by atoms with Gasteiger partial charge < -0.3 is 10.2 Å². The van der Waals surface area contributed by atoms with E-state index in [2.05, 4.69) is 23.7 Å². The molecule has 0 fully saturated rings. The van der Waals surface area contributed by atoms with Gasteiger partial charge in [-0.2, -0.15) is 0 Å². The van der Waals surface area contributed by atoms with Crippen molar-refractivity contribution in [2.75, 3.05) is 0 Å². The van der Waals surface area contributed by atoms with E-state index in [0.29, 0.717) is 24.0 Å². The summed E-state index contributed by atoms with van der Waals surface area (Å²) in [6, 6.07) is 0. The van der Waals surface area contributed by atoms with Gasteiger partial charge in [-0.15, -0.1) is 0 Å². The monoisotopic (exact) mass is 592 g/mol. The molecule has 0 amide bonds. The molecule has 0 aromatic carbocycles. The molecule has 0 aliphatic heterocycles. The number of rotatable bonds is 6. The van der Waals surface area contributed by atoms with Crippen molar-refractivity contribution in [1.29, 1.82) is 0 Å². The van der Waals surface area contributed by atoms with Crippen LogP contribution < -0.4 is 0 Å². The second-order valence-corrected chi connectivity index (χ2v) is 13.1. The van der Waals surface area contributed by atoms with Crippen molar-refractivity contribution in [3.8, 4) is 23.7 Å². The van der Waals surface area contributed by atoms with Crippen molar-refractivity contribution in [2.24, 2.45) is 10.8 Å². The third-order valence-electron chi connectivity index (χ3n) is 7.86. The van der Waals surface area contributed by atoms with Crippen LogP contribution in [-0.4, -0.2) is 34.0 Å². The first-order valence-electron chi connectivity index (χ1n) is 15.1. The largest absolute Gasteiger partial charge is 0.385 e. The van der Waals surface area contributed by atoms with Crippen LogP contribution in [0, 0.1) is 34.5 Å². The van der Waals surface area contributed by atoms with Gasteiger partial charge in [0.2, 0.25) is 0 Å². The molecule has 2 aliphatic carbocycles. The fourth-order valence-electron chi connectivity index (χ4n) is 5.26. The molecule has 4 heteroatoms. The topological polar surface area (TPSA) is 74.6 Å². The zero-order valence-corrected chi connectivity index (χ0v) is 28.1. The van der Waals surface area contributed by atoms with Crippen LogP contribution in [0.25, 0.3) is 0 Å². The number of Topliss-reactive ketones (excluding diaryl/α,β-unsaturated/α-hetero) is 2. The molecule has 0 heterocycles.